The molecule has 0 aliphatic carbocycles. The quantitative estimate of drug-likeness (QED) is 0.361. The zero-order chi connectivity index (χ0) is 4.99. The Kier molecular flexibility index (Phi) is 4.38. The molecule has 0 saturated carbocycles. The van der Waals surface area contributed by atoms with Crippen molar-refractivity contribution in [1.29, 1.82) is 0 Å². The monoisotopic (exact) mass is 206 g/mol. The molecule has 0 spiro atoms. The zero-order valence-corrected chi connectivity index (χ0v) is 6.39. The van der Waals surface area contributed by atoms with Crippen molar-refractivity contribution >= 4 is 29.2 Å². The van der Waals surface area contributed by atoms with Crippen molar-refractivity contribution in [2.24, 2.45) is 0 Å². The number of thiocarbonyl (C=S) groups is 1. The number of hydrogen-bond acceptors (Lipinski definition) is 2. The van der Waals surface area contributed by atoms with E-state index in [-0.39, 0.29) is 0 Å². The molecule has 35 valence electrons. The Hall–Kier alpha value is 0.728. The van der Waals surface area contributed by atoms with Gasteiger partial charge in [-0.05, 0) is 0 Å². The van der Waals surface area contributed by atoms with Crippen molar-refractivity contribution in [2.75, 3.05) is 0 Å². The van der Waals surface area contributed by atoms with Crippen LogP contribution < -0.4 is 3.88 Å². The number of hydrogen-bond donors (Lipinski definition) is 2. The van der Waals surface area contributed by atoms with Crippen LogP contribution in [0.25, 0.3) is 0 Å². The maximum atomic E-state index is 9.62. The normalized spacial score (nSPS) is 6.83. The molecule has 5 heteroatoms. The molecule has 0 fully saturated rings. The molecule has 0 saturated heterocycles. The van der Waals surface area contributed by atoms with Crippen molar-refractivity contribution in [3.63, 3.8) is 0 Å². The molecule has 0 amide bonds. The summed E-state index contributed by atoms with van der Waals surface area (Å²) >= 11 is 6.72. The Bertz CT molecular complexity index is 73.9. The van der Waals surface area contributed by atoms with Gasteiger partial charge >= 0.3 is 55.2 Å². The van der Waals surface area contributed by atoms with E-state index in [4.69, 9.17) is 0 Å². The SMILES string of the molecule is [O]=[Mo][NH]C(=S)S. The molecule has 1 N–H and O–H groups in total. The van der Waals surface area contributed by atoms with E-state index in [2.05, 4.69) is 28.7 Å². The summed E-state index contributed by atoms with van der Waals surface area (Å²) in [4.78, 5) is 0. The first kappa shape index (κ1) is 6.73. The van der Waals surface area contributed by atoms with Gasteiger partial charge in [0.15, 0.2) is 0 Å². The van der Waals surface area contributed by atoms with E-state index in [0.717, 1.165) is 0 Å². The summed E-state index contributed by atoms with van der Waals surface area (Å²) in [5, 5.41) is 0. The third-order valence-corrected chi connectivity index (χ3v) is 1.80. The van der Waals surface area contributed by atoms with Gasteiger partial charge in [0.25, 0.3) is 0 Å². The number of nitrogens with one attached hydrogen (secondary N) is 1. The predicted molar refractivity (Wildman–Crippen MR) is 25.4 cm³/mol. The molecule has 0 unspecified atom stereocenters. The van der Waals surface area contributed by atoms with Gasteiger partial charge < -0.3 is 0 Å². The first-order chi connectivity index (χ1) is 2.77. The minimum atomic E-state index is -1.29. The van der Waals surface area contributed by atoms with Gasteiger partial charge in [-0.3, -0.25) is 0 Å². The molecule has 0 aliphatic heterocycles. The van der Waals surface area contributed by atoms with Crippen molar-refractivity contribution in [3.8, 4) is 0 Å². The van der Waals surface area contributed by atoms with Crippen molar-refractivity contribution in [3.05, 3.63) is 0 Å². The standard InChI is InChI=1S/CH3NS2.Mo.O/c2-1(3)4;;/h(H3,2,3,4);;/q;+1;/p-1. The molecule has 2 nitrogen and oxygen atoms in total. The average molecular weight is 204 g/mol. The summed E-state index contributed by atoms with van der Waals surface area (Å²) in [5.41, 5.74) is 0. The van der Waals surface area contributed by atoms with Crippen molar-refractivity contribution < 1.29 is 22.2 Å². The summed E-state index contributed by atoms with van der Waals surface area (Å²) in [6.45, 7) is 0. The Morgan fingerprint density at radius 1 is 2.00 bits per heavy atom. The van der Waals surface area contributed by atoms with Gasteiger partial charge in [-0.25, -0.2) is 0 Å². The fourth-order valence-corrected chi connectivity index (χ4v) is 0.633. The van der Waals surface area contributed by atoms with Crippen LogP contribution in [0.5, 0.6) is 0 Å². The summed E-state index contributed by atoms with van der Waals surface area (Å²) in [7, 11) is 0. The van der Waals surface area contributed by atoms with Crippen LogP contribution in [0.4, 0.5) is 0 Å². The second-order valence-corrected chi connectivity index (χ2v) is 2.56. The van der Waals surface area contributed by atoms with E-state index in [1.165, 1.54) is 0 Å². The third-order valence-electron chi connectivity index (χ3n) is 0.129. The maximum absolute atomic E-state index is 9.62. The number of rotatable bonds is 1. The van der Waals surface area contributed by atoms with Gasteiger partial charge in [0.05, 0.1) is 0 Å². The second kappa shape index (κ2) is 3.90. The van der Waals surface area contributed by atoms with Gasteiger partial charge in [-0.2, -0.15) is 0 Å². The summed E-state index contributed by atoms with van der Waals surface area (Å²) in [5.74, 6) is 0. The molecule has 0 rings (SSSR count). The molecular weight excluding hydrogens is 202 g/mol. The van der Waals surface area contributed by atoms with E-state index >= 15 is 0 Å². The fraction of sp³-hybridized carbons (Fsp3) is 0. The summed E-state index contributed by atoms with van der Waals surface area (Å²) < 4.78 is 12.3. The number of thiol groups is 1. The van der Waals surface area contributed by atoms with E-state index in [9.17, 15) is 3.40 Å². The molecule has 0 aromatic carbocycles. The van der Waals surface area contributed by atoms with Crippen LogP contribution in [0.3, 0.4) is 0 Å². The molecular formula is CH2MoNOS2. The third kappa shape index (κ3) is 4.73. The van der Waals surface area contributed by atoms with Crippen molar-refractivity contribution in [1.82, 2.24) is 3.88 Å². The van der Waals surface area contributed by atoms with Crippen LogP contribution in [0.1, 0.15) is 0 Å². The Morgan fingerprint density at radius 2 is 2.50 bits per heavy atom. The fourth-order valence-electron chi connectivity index (χ4n) is 0.0356. The Morgan fingerprint density at radius 3 is 2.50 bits per heavy atom. The molecule has 0 aromatic rings. The molecule has 0 aliphatic rings. The Balaban J connectivity index is 3.05. The van der Waals surface area contributed by atoms with Gasteiger partial charge in [0.1, 0.15) is 0 Å². The zero-order valence-electron chi connectivity index (χ0n) is 2.67. The van der Waals surface area contributed by atoms with E-state index in [1.807, 2.05) is 0 Å². The second-order valence-electron chi connectivity index (χ2n) is 0.491. The Labute approximate surface area is 55.2 Å². The van der Waals surface area contributed by atoms with Gasteiger partial charge in [0.2, 0.25) is 0 Å². The van der Waals surface area contributed by atoms with Crippen LogP contribution in [0.2, 0.25) is 0 Å². The molecule has 6 heavy (non-hydrogen) atoms. The minimum absolute atomic E-state index is 0.312. The van der Waals surface area contributed by atoms with Crippen LogP contribution in [-0.4, -0.2) is 4.32 Å². The first-order valence-electron chi connectivity index (χ1n) is 1.05. The summed E-state index contributed by atoms with van der Waals surface area (Å²) in [6.07, 6.45) is 0. The van der Waals surface area contributed by atoms with Gasteiger partial charge in [-0.1, -0.05) is 0 Å². The molecule has 0 bridgehead atoms. The van der Waals surface area contributed by atoms with Gasteiger partial charge in [-0.15, -0.1) is 0 Å². The molecule has 0 aromatic heterocycles. The van der Waals surface area contributed by atoms with Crippen LogP contribution in [-0.2, 0) is 22.2 Å². The van der Waals surface area contributed by atoms with Crippen LogP contribution in [0, 0.1) is 0 Å². The van der Waals surface area contributed by atoms with Gasteiger partial charge in [0, 0.05) is 0 Å². The molecule has 0 radical (unpaired) electrons. The molecule has 0 atom stereocenters. The van der Waals surface area contributed by atoms with E-state index in [1.54, 1.807) is 0 Å². The van der Waals surface area contributed by atoms with E-state index < -0.39 is 18.8 Å². The van der Waals surface area contributed by atoms with Crippen LogP contribution in [0.15, 0.2) is 0 Å². The summed E-state index contributed by atoms with van der Waals surface area (Å²) in [6, 6.07) is 0. The van der Waals surface area contributed by atoms with Crippen molar-refractivity contribution in [2.45, 2.75) is 0 Å². The topological polar surface area (TPSA) is 29.1 Å². The van der Waals surface area contributed by atoms with E-state index in [0.29, 0.717) is 4.32 Å². The molecule has 0 heterocycles. The predicted octanol–water partition coefficient (Wildman–Crippen LogP) is 0.134. The van der Waals surface area contributed by atoms with Crippen LogP contribution >= 0.6 is 24.8 Å². The average Bonchev–Trinajstić information content (AvgIpc) is 1.35. The first-order valence-corrected chi connectivity index (χ1v) is 3.73.